The van der Waals surface area contributed by atoms with Crippen LogP contribution in [0.3, 0.4) is 0 Å². The van der Waals surface area contributed by atoms with E-state index in [0.29, 0.717) is 6.61 Å². The van der Waals surface area contributed by atoms with Crippen molar-refractivity contribution >= 4 is 22.6 Å². The summed E-state index contributed by atoms with van der Waals surface area (Å²) in [6.45, 7) is 8.83. The first kappa shape index (κ1) is 20.3. The van der Waals surface area contributed by atoms with E-state index in [1.54, 1.807) is 0 Å². The molecule has 0 unspecified atom stereocenters. The molecule has 2 aromatic rings. The summed E-state index contributed by atoms with van der Waals surface area (Å²) in [6, 6.07) is 16.7. The van der Waals surface area contributed by atoms with Gasteiger partial charge in [0, 0.05) is 0 Å². The zero-order valence-electron chi connectivity index (χ0n) is 17.5. The lowest BCUT2D eigenvalue weighted by Crippen LogP contribution is -2.41. The van der Waals surface area contributed by atoms with E-state index < -0.39 is 10.0 Å². The molecule has 5 heteroatoms. The SMILES string of the molecule is CC1(C)OB(c2ccc(OCc3ccc(S(C)(C)C)cc3)cc2)OC1(C)C. The van der Waals surface area contributed by atoms with Crippen molar-refractivity contribution in [3.8, 4) is 5.75 Å². The van der Waals surface area contributed by atoms with Crippen LogP contribution in [0.25, 0.3) is 0 Å². The summed E-state index contributed by atoms with van der Waals surface area (Å²) in [5.74, 6) is 0.848. The van der Waals surface area contributed by atoms with Crippen molar-refractivity contribution in [3.05, 3.63) is 54.1 Å². The number of hydrogen-bond acceptors (Lipinski definition) is 3. The van der Waals surface area contributed by atoms with E-state index in [4.69, 9.17) is 14.0 Å². The van der Waals surface area contributed by atoms with Crippen molar-refractivity contribution in [2.45, 2.75) is 50.4 Å². The monoisotopic (exact) mass is 386 g/mol. The zero-order chi connectivity index (χ0) is 19.9. The Balaban J connectivity index is 1.60. The highest BCUT2D eigenvalue weighted by atomic mass is 32.3. The Labute approximate surface area is 165 Å². The van der Waals surface area contributed by atoms with Crippen LogP contribution in [0, 0.1) is 0 Å². The normalized spacial score (nSPS) is 19.1. The second-order valence-electron chi connectivity index (χ2n) is 8.93. The van der Waals surface area contributed by atoms with Gasteiger partial charge in [-0.1, -0.05) is 24.3 Å². The Bertz CT molecular complexity index is 761. The maximum Gasteiger partial charge on any atom is 0.494 e. The van der Waals surface area contributed by atoms with Crippen LogP contribution >= 0.6 is 10.0 Å². The lowest BCUT2D eigenvalue weighted by molar-refractivity contribution is 0.00578. The maximum atomic E-state index is 6.10. The fourth-order valence-corrected chi connectivity index (χ4v) is 3.81. The summed E-state index contributed by atoms with van der Waals surface area (Å²) in [7, 11) is -1.02. The first-order chi connectivity index (χ1) is 12.5. The van der Waals surface area contributed by atoms with Gasteiger partial charge in [0.05, 0.1) is 11.2 Å². The highest BCUT2D eigenvalue weighted by Crippen LogP contribution is 2.44. The second-order valence-corrected chi connectivity index (χ2v) is 13.1. The third-order valence-corrected chi connectivity index (χ3v) is 7.13. The second kappa shape index (κ2) is 7.19. The minimum atomic E-state index is -0.681. The van der Waals surface area contributed by atoms with Crippen LogP contribution < -0.4 is 10.2 Å². The molecule has 0 atom stereocenters. The van der Waals surface area contributed by atoms with Crippen molar-refractivity contribution in [2.24, 2.45) is 0 Å². The lowest BCUT2D eigenvalue weighted by atomic mass is 9.79. The molecule has 0 radical (unpaired) electrons. The Morgan fingerprint density at radius 2 is 1.33 bits per heavy atom. The molecule has 146 valence electrons. The van der Waals surface area contributed by atoms with Crippen molar-refractivity contribution in [1.29, 1.82) is 0 Å². The molecule has 27 heavy (non-hydrogen) atoms. The molecule has 0 N–H and O–H groups in total. The molecule has 0 aromatic heterocycles. The van der Waals surface area contributed by atoms with Crippen LogP contribution in [-0.4, -0.2) is 37.1 Å². The molecular formula is C22H31BO3S. The van der Waals surface area contributed by atoms with Crippen LogP contribution in [0.2, 0.25) is 0 Å². The van der Waals surface area contributed by atoms with E-state index in [1.807, 2.05) is 24.3 Å². The van der Waals surface area contributed by atoms with Crippen LogP contribution in [0.15, 0.2) is 53.4 Å². The molecule has 2 aromatic carbocycles. The van der Waals surface area contributed by atoms with E-state index >= 15 is 0 Å². The predicted octanol–water partition coefficient (Wildman–Crippen LogP) is 4.62. The van der Waals surface area contributed by atoms with Gasteiger partial charge in [-0.05, 0) is 86.6 Å². The Hall–Kier alpha value is -1.43. The standard InChI is InChI=1S/C22H31BO3S/c1-21(2)22(3,4)26-23(25-21)18-10-12-19(13-11-18)24-16-17-8-14-20(15-9-17)27(5,6)7/h8-15H,16H2,1-7H3. The van der Waals surface area contributed by atoms with Crippen molar-refractivity contribution in [3.63, 3.8) is 0 Å². The van der Waals surface area contributed by atoms with Gasteiger partial charge in [-0.25, -0.2) is 10.0 Å². The van der Waals surface area contributed by atoms with E-state index in [1.165, 1.54) is 10.5 Å². The molecule has 3 nitrogen and oxygen atoms in total. The van der Waals surface area contributed by atoms with E-state index in [9.17, 15) is 0 Å². The van der Waals surface area contributed by atoms with Gasteiger partial charge in [0.25, 0.3) is 0 Å². The number of hydrogen-bond donors (Lipinski definition) is 0. The van der Waals surface area contributed by atoms with Gasteiger partial charge in [-0.2, -0.15) is 0 Å². The van der Waals surface area contributed by atoms with Gasteiger partial charge in [0.2, 0.25) is 0 Å². The highest BCUT2D eigenvalue weighted by Gasteiger charge is 2.51. The highest BCUT2D eigenvalue weighted by molar-refractivity contribution is 8.32. The van der Waals surface area contributed by atoms with Gasteiger partial charge in [0.15, 0.2) is 0 Å². The van der Waals surface area contributed by atoms with E-state index in [-0.39, 0.29) is 18.3 Å². The van der Waals surface area contributed by atoms with E-state index in [2.05, 4.69) is 70.7 Å². The van der Waals surface area contributed by atoms with Crippen molar-refractivity contribution < 1.29 is 14.0 Å². The first-order valence-corrected chi connectivity index (χ1v) is 12.2. The Morgan fingerprint density at radius 3 is 1.81 bits per heavy atom. The molecule has 1 aliphatic rings. The van der Waals surface area contributed by atoms with Crippen LogP contribution in [0.4, 0.5) is 0 Å². The molecule has 0 spiro atoms. The third-order valence-electron chi connectivity index (χ3n) is 5.44. The molecule has 1 fully saturated rings. The number of benzene rings is 2. The molecule has 0 saturated carbocycles. The molecule has 0 amide bonds. The summed E-state index contributed by atoms with van der Waals surface area (Å²) >= 11 is 0. The summed E-state index contributed by atoms with van der Waals surface area (Å²) in [6.07, 6.45) is 6.92. The molecule has 3 rings (SSSR count). The fraction of sp³-hybridized carbons (Fsp3) is 0.455. The smallest absolute Gasteiger partial charge is 0.489 e. The summed E-state index contributed by atoms with van der Waals surface area (Å²) < 4.78 is 18.1. The number of ether oxygens (including phenoxy) is 1. The average Bonchev–Trinajstić information content (AvgIpc) is 2.81. The van der Waals surface area contributed by atoms with Gasteiger partial charge in [-0.3, -0.25) is 0 Å². The molecule has 0 bridgehead atoms. The molecule has 0 aliphatic carbocycles. The predicted molar refractivity (Wildman–Crippen MR) is 117 cm³/mol. The molecule has 1 aliphatic heterocycles. The van der Waals surface area contributed by atoms with Crippen LogP contribution in [-0.2, 0) is 15.9 Å². The van der Waals surface area contributed by atoms with Gasteiger partial charge >= 0.3 is 7.12 Å². The Kier molecular flexibility index (Phi) is 5.41. The topological polar surface area (TPSA) is 27.7 Å². The maximum absolute atomic E-state index is 6.10. The van der Waals surface area contributed by atoms with Crippen molar-refractivity contribution in [2.75, 3.05) is 18.8 Å². The fourth-order valence-electron chi connectivity index (χ4n) is 2.86. The van der Waals surface area contributed by atoms with Crippen molar-refractivity contribution in [1.82, 2.24) is 0 Å². The zero-order valence-corrected chi connectivity index (χ0v) is 18.4. The number of rotatable bonds is 5. The van der Waals surface area contributed by atoms with E-state index in [0.717, 1.165) is 11.2 Å². The molecule has 1 saturated heterocycles. The molecule has 1 heterocycles. The van der Waals surface area contributed by atoms with Crippen LogP contribution in [0.5, 0.6) is 5.75 Å². The largest absolute Gasteiger partial charge is 0.494 e. The summed E-state index contributed by atoms with van der Waals surface area (Å²) in [5, 5.41) is 0. The first-order valence-electron chi connectivity index (χ1n) is 9.34. The summed E-state index contributed by atoms with van der Waals surface area (Å²) in [5.41, 5.74) is 1.54. The lowest BCUT2D eigenvalue weighted by Gasteiger charge is -2.32. The summed E-state index contributed by atoms with van der Waals surface area (Å²) in [4.78, 5) is 1.41. The Morgan fingerprint density at radius 1 is 0.815 bits per heavy atom. The molecular weight excluding hydrogens is 355 g/mol. The van der Waals surface area contributed by atoms with Gasteiger partial charge in [-0.15, -0.1) is 0 Å². The van der Waals surface area contributed by atoms with Crippen LogP contribution in [0.1, 0.15) is 33.3 Å². The quantitative estimate of drug-likeness (QED) is 0.702. The minimum absolute atomic E-state index is 0.326. The average molecular weight is 386 g/mol. The minimum Gasteiger partial charge on any atom is -0.489 e. The van der Waals surface area contributed by atoms with Gasteiger partial charge < -0.3 is 14.0 Å². The van der Waals surface area contributed by atoms with Gasteiger partial charge in [0.1, 0.15) is 12.4 Å². The third kappa shape index (κ3) is 4.53.